The molecule has 1 fully saturated rings. The zero-order chi connectivity index (χ0) is 12.7. The number of methoxy groups -OCH3 is 1. The van der Waals surface area contributed by atoms with Crippen molar-refractivity contribution in [2.45, 2.75) is 25.2 Å². The van der Waals surface area contributed by atoms with Gasteiger partial charge in [-0.3, -0.25) is 0 Å². The van der Waals surface area contributed by atoms with Gasteiger partial charge in [0.2, 0.25) is 0 Å². The van der Waals surface area contributed by atoms with E-state index in [0.717, 1.165) is 29.4 Å². The summed E-state index contributed by atoms with van der Waals surface area (Å²) in [5.74, 6) is 1.11. The molecule has 4 nitrogen and oxygen atoms in total. The normalized spacial score (nSPS) is 15.3. The van der Waals surface area contributed by atoms with Gasteiger partial charge in [-0.2, -0.15) is 5.26 Å². The fraction of sp³-hybridized carbons (Fsp3) is 0.357. The molecule has 1 aromatic heterocycles. The quantitative estimate of drug-likeness (QED) is 0.794. The van der Waals surface area contributed by atoms with Crippen LogP contribution in [0.1, 0.15) is 36.4 Å². The van der Waals surface area contributed by atoms with Crippen molar-refractivity contribution >= 4 is 16.6 Å². The Balaban J connectivity index is 2.28. The number of nitrogens with two attached hydrogens (primary N) is 1. The Morgan fingerprint density at radius 2 is 2.22 bits per heavy atom. The third kappa shape index (κ3) is 1.37. The number of hydrogen-bond acceptors (Lipinski definition) is 3. The monoisotopic (exact) mass is 241 g/mol. The van der Waals surface area contributed by atoms with Crippen molar-refractivity contribution in [2.24, 2.45) is 0 Å². The smallest absolute Gasteiger partial charge is 0.142 e. The summed E-state index contributed by atoms with van der Waals surface area (Å²) in [5.41, 5.74) is 9.28. The SMILES string of the molecule is COc1ccc2[nH]c(C3CCC3)c(C#N)c2c1N. The molecule has 0 saturated heterocycles. The van der Waals surface area contributed by atoms with E-state index in [9.17, 15) is 5.26 Å². The molecule has 0 radical (unpaired) electrons. The molecule has 3 rings (SSSR count). The lowest BCUT2D eigenvalue weighted by Crippen LogP contribution is -2.10. The van der Waals surface area contributed by atoms with E-state index in [1.165, 1.54) is 6.42 Å². The highest BCUT2D eigenvalue weighted by atomic mass is 16.5. The zero-order valence-electron chi connectivity index (χ0n) is 10.3. The number of anilines is 1. The van der Waals surface area contributed by atoms with Gasteiger partial charge in [-0.1, -0.05) is 6.42 Å². The summed E-state index contributed by atoms with van der Waals surface area (Å²) in [6.45, 7) is 0. The summed E-state index contributed by atoms with van der Waals surface area (Å²) in [6, 6.07) is 6.05. The van der Waals surface area contributed by atoms with Gasteiger partial charge in [-0.05, 0) is 25.0 Å². The van der Waals surface area contributed by atoms with Crippen molar-refractivity contribution in [3.63, 3.8) is 0 Å². The molecule has 0 spiro atoms. The number of nitriles is 1. The lowest BCUT2D eigenvalue weighted by atomic mass is 9.81. The lowest BCUT2D eigenvalue weighted by Gasteiger charge is -2.24. The van der Waals surface area contributed by atoms with Crippen molar-refractivity contribution in [1.29, 1.82) is 5.26 Å². The summed E-state index contributed by atoms with van der Waals surface area (Å²) in [7, 11) is 1.59. The highest BCUT2D eigenvalue weighted by Crippen LogP contribution is 2.42. The van der Waals surface area contributed by atoms with Gasteiger partial charge < -0.3 is 15.5 Å². The van der Waals surface area contributed by atoms with Gasteiger partial charge in [0, 0.05) is 22.5 Å². The van der Waals surface area contributed by atoms with Crippen LogP contribution >= 0.6 is 0 Å². The molecular weight excluding hydrogens is 226 g/mol. The number of ether oxygens (including phenoxy) is 1. The first-order valence-corrected chi connectivity index (χ1v) is 6.14. The van der Waals surface area contributed by atoms with E-state index in [1.54, 1.807) is 7.11 Å². The van der Waals surface area contributed by atoms with Crippen molar-refractivity contribution in [1.82, 2.24) is 4.98 Å². The molecule has 0 bridgehead atoms. The molecule has 1 aromatic carbocycles. The van der Waals surface area contributed by atoms with Crippen LogP contribution in [-0.2, 0) is 0 Å². The molecule has 2 aromatic rings. The lowest BCUT2D eigenvalue weighted by molar-refractivity contribution is 0.412. The topological polar surface area (TPSA) is 74.8 Å². The van der Waals surface area contributed by atoms with Gasteiger partial charge in [0.25, 0.3) is 0 Å². The maximum Gasteiger partial charge on any atom is 0.142 e. The van der Waals surface area contributed by atoms with E-state index in [4.69, 9.17) is 10.5 Å². The number of hydrogen-bond donors (Lipinski definition) is 2. The van der Waals surface area contributed by atoms with Crippen LogP contribution in [0.4, 0.5) is 5.69 Å². The molecule has 0 aliphatic heterocycles. The van der Waals surface area contributed by atoms with Crippen LogP contribution in [0.5, 0.6) is 5.75 Å². The maximum absolute atomic E-state index is 9.40. The third-order valence-corrected chi connectivity index (χ3v) is 3.84. The predicted octanol–water partition coefficient (Wildman–Crippen LogP) is 2.90. The molecule has 0 amide bonds. The average Bonchev–Trinajstić information content (AvgIpc) is 2.66. The highest BCUT2D eigenvalue weighted by Gasteiger charge is 2.26. The minimum Gasteiger partial charge on any atom is -0.495 e. The Labute approximate surface area is 105 Å². The summed E-state index contributed by atoms with van der Waals surface area (Å²) in [6.07, 6.45) is 3.54. The van der Waals surface area contributed by atoms with E-state index in [2.05, 4.69) is 11.1 Å². The second kappa shape index (κ2) is 3.95. The van der Waals surface area contributed by atoms with E-state index >= 15 is 0 Å². The van der Waals surface area contributed by atoms with Crippen LogP contribution in [0.3, 0.4) is 0 Å². The number of H-pyrrole nitrogens is 1. The largest absolute Gasteiger partial charge is 0.495 e. The molecule has 1 aliphatic carbocycles. The number of aromatic amines is 1. The average molecular weight is 241 g/mol. The van der Waals surface area contributed by atoms with Gasteiger partial charge >= 0.3 is 0 Å². The molecule has 1 heterocycles. The summed E-state index contributed by atoms with van der Waals surface area (Å²) in [4.78, 5) is 3.35. The number of rotatable bonds is 2. The van der Waals surface area contributed by atoms with Crippen LogP contribution in [0.15, 0.2) is 12.1 Å². The molecule has 1 saturated carbocycles. The molecule has 0 atom stereocenters. The second-order valence-corrected chi connectivity index (χ2v) is 4.76. The standard InChI is InChI=1S/C14H15N3O/c1-18-11-6-5-10-12(13(11)16)9(7-15)14(17-10)8-3-2-4-8/h5-6,8,17H,2-4,16H2,1H3. The van der Waals surface area contributed by atoms with E-state index in [-0.39, 0.29) is 0 Å². The molecule has 92 valence electrons. The van der Waals surface area contributed by atoms with Crippen LogP contribution in [-0.4, -0.2) is 12.1 Å². The van der Waals surface area contributed by atoms with Crippen LogP contribution in [0.25, 0.3) is 10.9 Å². The summed E-state index contributed by atoms with van der Waals surface area (Å²) < 4.78 is 5.21. The van der Waals surface area contributed by atoms with Gasteiger partial charge in [-0.25, -0.2) is 0 Å². The number of nitrogens with one attached hydrogen (secondary N) is 1. The fourth-order valence-electron chi connectivity index (χ4n) is 2.61. The molecular formula is C14H15N3O. The van der Waals surface area contributed by atoms with E-state index in [0.29, 0.717) is 22.9 Å². The predicted molar refractivity (Wildman–Crippen MR) is 70.6 cm³/mol. The van der Waals surface area contributed by atoms with Crippen molar-refractivity contribution in [3.05, 3.63) is 23.4 Å². The van der Waals surface area contributed by atoms with Gasteiger partial charge in [0.1, 0.15) is 11.8 Å². The van der Waals surface area contributed by atoms with Crippen LogP contribution in [0, 0.1) is 11.3 Å². The first kappa shape index (κ1) is 11.0. The Hall–Kier alpha value is -2.15. The van der Waals surface area contributed by atoms with Crippen molar-refractivity contribution in [3.8, 4) is 11.8 Å². The van der Waals surface area contributed by atoms with Gasteiger partial charge in [-0.15, -0.1) is 0 Å². The Morgan fingerprint density at radius 3 is 2.78 bits per heavy atom. The molecule has 1 aliphatic rings. The molecule has 0 unspecified atom stereocenters. The fourth-order valence-corrected chi connectivity index (χ4v) is 2.61. The zero-order valence-corrected chi connectivity index (χ0v) is 10.3. The third-order valence-electron chi connectivity index (χ3n) is 3.84. The first-order valence-electron chi connectivity index (χ1n) is 6.14. The molecule has 3 N–H and O–H groups in total. The number of benzene rings is 1. The second-order valence-electron chi connectivity index (χ2n) is 4.76. The molecule has 18 heavy (non-hydrogen) atoms. The number of nitrogen functional groups attached to an aromatic ring is 1. The maximum atomic E-state index is 9.40. The minimum atomic E-state index is 0.484. The van der Waals surface area contributed by atoms with Gasteiger partial charge in [0.05, 0.1) is 18.4 Å². The Kier molecular flexibility index (Phi) is 2.41. The number of fused-ring (bicyclic) bond motifs is 1. The van der Waals surface area contributed by atoms with Crippen molar-refractivity contribution in [2.75, 3.05) is 12.8 Å². The van der Waals surface area contributed by atoms with Gasteiger partial charge in [0.15, 0.2) is 0 Å². The van der Waals surface area contributed by atoms with E-state index in [1.807, 2.05) is 12.1 Å². The number of aromatic nitrogens is 1. The Morgan fingerprint density at radius 1 is 1.44 bits per heavy atom. The highest BCUT2D eigenvalue weighted by molar-refractivity contribution is 5.99. The van der Waals surface area contributed by atoms with E-state index < -0.39 is 0 Å². The summed E-state index contributed by atoms with van der Waals surface area (Å²) >= 11 is 0. The van der Waals surface area contributed by atoms with Crippen molar-refractivity contribution < 1.29 is 4.74 Å². The van der Waals surface area contributed by atoms with Crippen LogP contribution in [0.2, 0.25) is 0 Å². The number of nitrogens with zero attached hydrogens (tertiary/aromatic N) is 1. The Bertz CT molecular complexity index is 647. The van der Waals surface area contributed by atoms with Crippen LogP contribution < -0.4 is 10.5 Å². The minimum absolute atomic E-state index is 0.484. The summed E-state index contributed by atoms with van der Waals surface area (Å²) in [5, 5.41) is 10.2. The first-order chi connectivity index (χ1) is 8.76. The molecule has 4 heteroatoms.